The van der Waals surface area contributed by atoms with Crippen LogP contribution in [0.3, 0.4) is 0 Å². The highest BCUT2D eigenvalue weighted by molar-refractivity contribution is 6.31. The topological polar surface area (TPSA) is 70.4 Å². The average molecular weight is 421 g/mol. The Morgan fingerprint density at radius 1 is 1.03 bits per heavy atom. The van der Waals surface area contributed by atoms with Crippen LogP contribution in [0.15, 0.2) is 77.7 Å². The number of nitrogens with zero attached hydrogens (tertiary/aromatic N) is 2. The van der Waals surface area contributed by atoms with E-state index in [1.54, 1.807) is 24.3 Å². The molecule has 0 radical (unpaired) electrons. The van der Waals surface area contributed by atoms with E-state index in [2.05, 4.69) is 9.84 Å². The molecule has 6 nitrogen and oxygen atoms in total. The first-order chi connectivity index (χ1) is 14.6. The Kier molecular flexibility index (Phi) is 5.50. The fourth-order valence-electron chi connectivity index (χ4n) is 3.14. The fraction of sp³-hybridized carbons (Fsp3) is 0.0870. The first kappa shape index (κ1) is 19.7. The zero-order valence-electron chi connectivity index (χ0n) is 16.0. The highest BCUT2D eigenvalue weighted by Crippen LogP contribution is 2.26. The van der Waals surface area contributed by atoms with Crippen LogP contribution < -0.4 is 10.3 Å². The smallest absolute Gasteiger partial charge is 0.337 e. The maximum Gasteiger partial charge on any atom is 0.337 e. The van der Waals surface area contributed by atoms with E-state index in [1.165, 1.54) is 18.0 Å². The van der Waals surface area contributed by atoms with Crippen LogP contribution in [-0.4, -0.2) is 22.9 Å². The van der Waals surface area contributed by atoms with Gasteiger partial charge in [0.1, 0.15) is 10.8 Å². The average Bonchev–Trinajstić information content (AvgIpc) is 2.78. The largest absolute Gasteiger partial charge is 0.465 e. The van der Waals surface area contributed by atoms with Gasteiger partial charge in [0.15, 0.2) is 0 Å². The number of ether oxygens (including phenoxy) is 2. The minimum absolute atomic E-state index is 0.0299. The Bertz CT molecular complexity index is 1280. The van der Waals surface area contributed by atoms with Gasteiger partial charge in [0, 0.05) is 0 Å². The zero-order chi connectivity index (χ0) is 21.1. The second-order valence-electron chi connectivity index (χ2n) is 6.54. The fourth-order valence-corrected chi connectivity index (χ4v) is 3.31. The lowest BCUT2D eigenvalue weighted by Gasteiger charge is -2.11. The second kappa shape index (κ2) is 8.39. The van der Waals surface area contributed by atoms with Gasteiger partial charge in [0.25, 0.3) is 0 Å². The molecule has 0 aliphatic rings. The molecule has 3 aromatic carbocycles. The molecule has 0 aliphatic carbocycles. The standard InChI is InChI=1S/C23H17ClN2O4/c1-29-23(28)16-9-11-18(12-10-16)30-21-20(24)13-25-26(22(21)27)14-17-7-4-6-15-5-2-3-8-19(15)17/h2-13H,14H2,1H3. The van der Waals surface area contributed by atoms with E-state index in [0.29, 0.717) is 11.3 Å². The molecule has 0 N–H and O–H groups in total. The number of fused-ring (bicyclic) bond motifs is 1. The highest BCUT2D eigenvalue weighted by Gasteiger charge is 2.14. The van der Waals surface area contributed by atoms with Crippen LogP contribution in [0.25, 0.3) is 10.8 Å². The molecule has 0 atom stereocenters. The molecule has 0 unspecified atom stereocenters. The molecule has 7 heteroatoms. The molecular formula is C23H17ClN2O4. The van der Waals surface area contributed by atoms with E-state index in [4.69, 9.17) is 16.3 Å². The number of aromatic nitrogens is 2. The molecule has 0 bridgehead atoms. The van der Waals surface area contributed by atoms with Gasteiger partial charge in [-0.3, -0.25) is 4.79 Å². The van der Waals surface area contributed by atoms with Gasteiger partial charge >= 0.3 is 11.5 Å². The second-order valence-corrected chi connectivity index (χ2v) is 6.95. The third kappa shape index (κ3) is 3.90. The van der Waals surface area contributed by atoms with Crippen molar-refractivity contribution in [3.05, 3.63) is 99.4 Å². The van der Waals surface area contributed by atoms with Gasteiger partial charge < -0.3 is 9.47 Å². The minimum atomic E-state index is -0.457. The van der Waals surface area contributed by atoms with Gasteiger partial charge in [0.05, 0.1) is 25.4 Å². The van der Waals surface area contributed by atoms with Gasteiger partial charge in [0.2, 0.25) is 5.75 Å². The normalized spacial score (nSPS) is 10.7. The van der Waals surface area contributed by atoms with Gasteiger partial charge in [-0.15, -0.1) is 0 Å². The number of benzene rings is 3. The number of carbonyl (C=O) groups is 1. The summed E-state index contributed by atoms with van der Waals surface area (Å²) in [6.07, 6.45) is 1.38. The van der Waals surface area contributed by atoms with Gasteiger partial charge in [-0.05, 0) is 40.6 Å². The Hall–Kier alpha value is -3.64. The molecule has 0 spiro atoms. The Morgan fingerprint density at radius 2 is 1.77 bits per heavy atom. The van der Waals surface area contributed by atoms with E-state index in [1.807, 2.05) is 42.5 Å². The van der Waals surface area contributed by atoms with Crippen LogP contribution in [0.1, 0.15) is 15.9 Å². The lowest BCUT2D eigenvalue weighted by molar-refractivity contribution is 0.0600. The summed E-state index contributed by atoms with van der Waals surface area (Å²) in [5.41, 5.74) is 0.880. The minimum Gasteiger partial charge on any atom is -0.465 e. The lowest BCUT2D eigenvalue weighted by Crippen LogP contribution is -2.24. The molecule has 150 valence electrons. The molecule has 30 heavy (non-hydrogen) atoms. The molecule has 1 aromatic heterocycles. The summed E-state index contributed by atoms with van der Waals surface area (Å²) < 4.78 is 11.7. The molecule has 4 aromatic rings. The molecule has 0 fully saturated rings. The van der Waals surface area contributed by atoms with Crippen LogP contribution in [0, 0.1) is 0 Å². The molecule has 0 aliphatic heterocycles. The molecule has 4 rings (SSSR count). The van der Waals surface area contributed by atoms with Crippen LogP contribution >= 0.6 is 11.6 Å². The van der Waals surface area contributed by atoms with Crippen LogP contribution in [-0.2, 0) is 11.3 Å². The summed E-state index contributed by atoms with van der Waals surface area (Å²) >= 11 is 6.18. The number of carbonyl (C=O) groups excluding carboxylic acids is 1. The maximum absolute atomic E-state index is 13.0. The number of rotatable bonds is 5. The van der Waals surface area contributed by atoms with Crippen molar-refractivity contribution in [1.29, 1.82) is 0 Å². The van der Waals surface area contributed by atoms with Crippen LogP contribution in [0.2, 0.25) is 5.02 Å². The van der Waals surface area contributed by atoms with E-state index in [9.17, 15) is 9.59 Å². The number of hydrogen-bond donors (Lipinski definition) is 0. The Morgan fingerprint density at radius 3 is 2.53 bits per heavy atom. The lowest BCUT2D eigenvalue weighted by atomic mass is 10.0. The van der Waals surface area contributed by atoms with Crippen molar-refractivity contribution in [2.24, 2.45) is 0 Å². The van der Waals surface area contributed by atoms with E-state index in [0.717, 1.165) is 16.3 Å². The third-order valence-electron chi connectivity index (χ3n) is 4.65. The van der Waals surface area contributed by atoms with Gasteiger partial charge in [-0.25, -0.2) is 9.48 Å². The molecule has 0 saturated heterocycles. The quantitative estimate of drug-likeness (QED) is 0.438. The summed E-state index contributed by atoms with van der Waals surface area (Å²) in [4.78, 5) is 24.5. The zero-order valence-corrected chi connectivity index (χ0v) is 16.8. The number of halogens is 1. The van der Waals surface area contributed by atoms with Gasteiger partial charge in [-0.2, -0.15) is 5.10 Å². The highest BCUT2D eigenvalue weighted by atomic mass is 35.5. The molecule has 1 heterocycles. The van der Waals surface area contributed by atoms with Crippen molar-refractivity contribution in [3.8, 4) is 11.5 Å². The van der Waals surface area contributed by atoms with Crippen LogP contribution in [0.5, 0.6) is 11.5 Å². The maximum atomic E-state index is 13.0. The monoisotopic (exact) mass is 420 g/mol. The van der Waals surface area contributed by atoms with Crippen molar-refractivity contribution >= 4 is 28.3 Å². The summed E-state index contributed by atoms with van der Waals surface area (Å²) in [7, 11) is 1.31. The molecule has 0 amide bonds. The van der Waals surface area contributed by atoms with E-state index >= 15 is 0 Å². The summed E-state index contributed by atoms with van der Waals surface area (Å²) in [5.74, 6) is -0.122. The summed E-state index contributed by atoms with van der Waals surface area (Å²) in [6.45, 7) is 0.273. The Balaban J connectivity index is 1.65. The SMILES string of the molecule is COC(=O)c1ccc(Oc2c(Cl)cnn(Cc3cccc4ccccc34)c2=O)cc1. The molecule has 0 saturated carbocycles. The van der Waals surface area contributed by atoms with Crippen molar-refractivity contribution < 1.29 is 14.3 Å². The number of hydrogen-bond acceptors (Lipinski definition) is 5. The summed E-state index contributed by atoms with van der Waals surface area (Å²) in [6, 6.07) is 20.1. The molecular weight excluding hydrogens is 404 g/mol. The number of methoxy groups -OCH3 is 1. The number of esters is 1. The summed E-state index contributed by atoms with van der Waals surface area (Å²) in [5, 5.41) is 6.39. The first-order valence-electron chi connectivity index (χ1n) is 9.15. The van der Waals surface area contributed by atoms with Crippen molar-refractivity contribution in [3.63, 3.8) is 0 Å². The first-order valence-corrected chi connectivity index (χ1v) is 9.53. The van der Waals surface area contributed by atoms with Crippen molar-refractivity contribution in [2.75, 3.05) is 7.11 Å². The van der Waals surface area contributed by atoms with Gasteiger partial charge in [-0.1, -0.05) is 54.1 Å². The van der Waals surface area contributed by atoms with Crippen molar-refractivity contribution in [2.45, 2.75) is 6.54 Å². The van der Waals surface area contributed by atoms with E-state index in [-0.39, 0.29) is 17.3 Å². The predicted molar refractivity (Wildman–Crippen MR) is 114 cm³/mol. The third-order valence-corrected chi connectivity index (χ3v) is 4.92. The van der Waals surface area contributed by atoms with Crippen LogP contribution in [0.4, 0.5) is 0 Å². The Labute approximate surface area is 177 Å². The van der Waals surface area contributed by atoms with E-state index < -0.39 is 11.5 Å². The van der Waals surface area contributed by atoms with Crippen molar-refractivity contribution in [1.82, 2.24) is 9.78 Å². The predicted octanol–water partition coefficient (Wildman–Crippen LogP) is 4.68.